The predicted molar refractivity (Wildman–Crippen MR) is 97.6 cm³/mol. The number of aromatic nitrogens is 3. The monoisotopic (exact) mass is 328 g/mol. The molecule has 0 saturated carbocycles. The zero-order valence-corrected chi connectivity index (χ0v) is 13.5. The molecule has 1 N–H and O–H groups in total. The van der Waals surface area contributed by atoms with Gasteiger partial charge in [0.15, 0.2) is 5.82 Å². The molecule has 0 bridgehead atoms. The molecule has 5 nitrogen and oxygen atoms in total. The molecular formula is C20H16N4O. The summed E-state index contributed by atoms with van der Waals surface area (Å²) in [7, 11) is 0. The van der Waals surface area contributed by atoms with Gasteiger partial charge in [0.25, 0.3) is 0 Å². The van der Waals surface area contributed by atoms with E-state index in [1.165, 1.54) is 5.39 Å². The molecule has 0 aliphatic heterocycles. The van der Waals surface area contributed by atoms with Crippen LogP contribution in [0.25, 0.3) is 16.6 Å². The highest BCUT2D eigenvalue weighted by atomic mass is 16.1. The van der Waals surface area contributed by atoms with Gasteiger partial charge in [-0.3, -0.25) is 4.79 Å². The van der Waals surface area contributed by atoms with E-state index in [1.807, 2.05) is 54.7 Å². The van der Waals surface area contributed by atoms with Crippen molar-refractivity contribution in [2.75, 3.05) is 5.32 Å². The maximum atomic E-state index is 12.3. The van der Waals surface area contributed by atoms with Crippen LogP contribution in [-0.4, -0.2) is 20.7 Å². The fourth-order valence-corrected chi connectivity index (χ4v) is 2.74. The molecule has 0 aliphatic rings. The van der Waals surface area contributed by atoms with Gasteiger partial charge in [-0.2, -0.15) is 5.10 Å². The number of amides is 1. The number of hydrogen-bond acceptors (Lipinski definition) is 3. The molecule has 0 spiro atoms. The van der Waals surface area contributed by atoms with Crippen LogP contribution < -0.4 is 5.32 Å². The van der Waals surface area contributed by atoms with Crippen LogP contribution in [-0.2, 0) is 11.2 Å². The molecule has 0 saturated heterocycles. The molecule has 4 aromatic rings. The Morgan fingerprint density at radius 1 is 1.00 bits per heavy atom. The Morgan fingerprint density at radius 3 is 2.64 bits per heavy atom. The summed E-state index contributed by atoms with van der Waals surface area (Å²) in [6.07, 6.45) is 5.47. The summed E-state index contributed by atoms with van der Waals surface area (Å²) in [6.45, 7) is 0. The van der Waals surface area contributed by atoms with Crippen LogP contribution in [0.4, 0.5) is 5.69 Å². The Balaban J connectivity index is 1.44. The summed E-state index contributed by atoms with van der Waals surface area (Å²) in [5.74, 6) is 0.640. The van der Waals surface area contributed by atoms with Crippen molar-refractivity contribution in [3.05, 3.63) is 84.8 Å². The molecule has 2 heterocycles. The highest BCUT2D eigenvalue weighted by molar-refractivity contribution is 5.93. The third-order valence-electron chi connectivity index (χ3n) is 3.95. The van der Waals surface area contributed by atoms with Crippen molar-refractivity contribution in [1.82, 2.24) is 14.8 Å². The SMILES string of the molecule is O=C(Cc1ccc2ccccc2c1)Nc1ccc(-n2cccn2)nc1. The molecule has 25 heavy (non-hydrogen) atoms. The summed E-state index contributed by atoms with van der Waals surface area (Å²) in [5.41, 5.74) is 1.65. The van der Waals surface area contributed by atoms with Crippen LogP contribution in [0.3, 0.4) is 0 Å². The molecule has 4 rings (SSSR count). The first-order valence-corrected chi connectivity index (χ1v) is 8.01. The van der Waals surface area contributed by atoms with Gasteiger partial charge in [0.2, 0.25) is 5.91 Å². The maximum absolute atomic E-state index is 12.3. The lowest BCUT2D eigenvalue weighted by Crippen LogP contribution is -2.14. The summed E-state index contributed by atoms with van der Waals surface area (Å²) in [5, 5.41) is 9.31. The standard InChI is InChI=1S/C20H16N4O/c25-20(13-15-6-7-16-4-1-2-5-17(16)12-15)23-18-8-9-19(21-14-18)24-11-3-10-22-24/h1-12,14H,13H2,(H,23,25). The maximum Gasteiger partial charge on any atom is 0.228 e. The summed E-state index contributed by atoms with van der Waals surface area (Å²) >= 11 is 0. The van der Waals surface area contributed by atoms with E-state index in [2.05, 4.69) is 27.5 Å². The first-order chi connectivity index (χ1) is 12.3. The van der Waals surface area contributed by atoms with Crippen molar-refractivity contribution in [2.45, 2.75) is 6.42 Å². The van der Waals surface area contributed by atoms with Gasteiger partial charge in [-0.15, -0.1) is 0 Å². The van der Waals surface area contributed by atoms with Crippen LogP contribution in [0.15, 0.2) is 79.3 Å². The second-order valence-corrected chi connectivity index (χ2v) is 5.76. The summed E-state index contributed by atoms with van der Waals surface area (Å²) in [6, 6.07) is 19.7. The van der Waals surface area contributed by atoms with E-state index in [1.54, 1.807) is 17.1 Å². The summed E-state index contributed by atoms with van der Waals surface area (Å²) < 4.78 is 1.67. The number of pyridine rings is 1. The van der Waals surface area contributed by atoms with E-state index in [4.69, 9.17) is 0 Å². The van der Waals surface area contributed by atoms with Crippen molar-refractivity contribution in [2.24, 2.45) is 0 Å². The van der Waals surface area contributed by atoms with Crippen LogP contribution in [0.1, 0.15) is 5.56 Å². The molecule has 0 unspecified atom stereocenters. The number of fused-ring (bicyclic) bond motifs is 1. The van der Waals surface area contributed by atoms with Crippen molar-refractivity contribution in [3.8, 4) is 5.82 Å². The van der Waals surface area contributed by atoms with Gasteiger partial charge in [-0.1, -0.05) is 42.5 Å². The Bertz CT molecular complexity index is 1010. The van der Waals surface area contributed by atoms with Gasteiger partial charge in [-0.05, 0) is 34.5 Å². The third kappa shape index (κ3) is 3.40. The van der Waals surface area contributed by atoms with E-state index in [9.17, 15) is 4.79 Å². The van der Waals surface area contributed by atoms with Crippen molar-refractivity contribution >= 4 is 22.4 Å². The molecule has 2 aromatic heterocycles. The molecule has 0 atom stereocenters. The summed E-state index contributed by atoms with van der Waals surface area (Å²) in [4.78, 5) is 16.6. The number of carbonyl (C=O) groups excluding carboxylic acids is 1. The average molecular weight is 328 g/mol. The quantitative estimate of drug-likeness (QED) is 0.622. The Morgan fingerprint density at radius 2 is 1.88 bits per heavy atom. The van der Waals surface area contributed by atoms with E-state index < -0.39 is 0 Å². The Labute approximate surface area is 144 Å². The van der Waals surface area contributed by atoms with Crippen LogP contribution in [0, 0.1) is 0 Å². The van der Waals surface area contributed by atoms with E-state index >= 15 is 0 Å². The van der Waals surface area contributed by atoms with Crippen molar-refractivity contribution < 1.29 is 4.79 Å². The van der Waals surface area contributed by atoms with Gasteiger partial charge in [-0.25, -0.2) is 9.67 Å². The molecular weight excluding hydrogens is 312 g/mol. The van der Waals surface area contributed by atoms with Crippen molar-refractivity contribution in [1.29, 1.82) is 0 Å². The van der Waals surface area contributed by atoms with Crippen LogP contribution >= 0.6 is 0 Å². The molecule has 0 fully saturated rings. The molecule has 5 heteroatoms. The molecule has 2 aromatic carbocycles. The van der Waals surface area contributed by atoms with E-state index in [-0.39, 0.29) is 5.91 Å². The minimum atomic E-state index is -0.0658. The lowest BCUT2D eigenvalue weighted by molar-refractivity contribution is -0.115. The van der Waals surface area contributed by atoms with E-state index in [0.29, 0.717) is 17.9 Å². The van der Waals surface area contributed by atoms with Gasteiger partial charge in [0.05, 0.1) is 18.3 Å². The number of nitrogens with zero attached hydrogens (tertiary/aromatic N) is 3. The first-order valence-electron chi connectivity index (χ1n) is 8.01. The average Bonchev–Trinajstić information content (AvgIpc) is 3.17. The topological polar surface area (TPSA) is 59.8 Å². The molecule has 1 amide bonds. The number of nitrogens with one attached hydrogen (secondary N) is 1. The number of carbonyl (C=O) groups is 1. The fraction of sp³-hybridized carbons (Fsp3) is 0.0500. The Hall–Kier alpha value is -3.47. The van der Waals surface area contributed by atoms with E-state index in [0.717, 1.165) is 10.9 Å². The van der Waals surface area contributed by atoms with Crippen molar-refractivity contribution in [3.63, 3.8) is 0 Å². The lowest BCUT2D eigenvalue weighted by Gasteiger charge is -2.07. The zero-order valence-electron chi connectivity index (χ0n) is 13.5. The fourth-order valence-electron chi connectivity index (χ4n) is 2.74. The largest absolute Gasteiger partial charge is 0.324 e. The highest BCUT2D eigenvalue weighted by Gasteiger charge is 2.06. The molecule has 122 valence electrons. The highest BCUT2D eigenvalue weighted by Crippen LogP contribution is 2.16. The normalized spacial score (nSPS) is 10.7. The van der Waals surface area contributed by atoms with Gasteiger partial charge < -0.3 is 5.32 Å². The molecule has 0 radical (unpaired) electrons. The minimum Gasteiger partial charge on any atom is -0.324 e. The van der Waals surface area contributed by atoms with Gasteiger partial charge in [0, 0.05) is 12.4 Å². The Kier molecular flexibility index (Phi) is 3.96. The van der Waals surface area contributed by atoms with Crippen LogP contribution in [0.2, 0.25) is 0 Å². The zero-order chi connectivity index (χ0) is 17.1. The first kappa shape index (κ1) is 15.1. The lowest BCUT2D eigenvalue weighted by atomic mass is 10.0. The van der Waals surface area contributed by atoms with Crippen LogP contribution in [0.5, 0.6) is 0 Å². The predicted octanol–water partition coefficient (Wildman–Crippen LogP) is 3.60. The number of anilines is 1. The number of benzene rings is 2. The minimum absolute atomic E-state index is 0.0658. The van der Waals surface area contributed by atoms with Gasteiger partial charge in [0.1, 0.15) is 0 Å². The third-order valence-corrected chi connectivity index (χ3v) is 3.95. The number of hydrogen-bond donors (Lipinski definition) is 1. The second-order valence-electron chi connectivity index (χ2n) is 5.76. The smallest absolute Gasteiger partial charge is 0.228 e. The molecule has 0 aliphatic carbocycles. The second kappa shape index (κ2) is 6.57. The number of rotatable bonds is 4. The van der Waals surface area contributed by atoms with Gasteiger partial charge >= 0.3 is 0 Å².